The highest BCUT2D eigenvalue weighted by molar-refractivity contribution is 7.93. The van der Waals surface area contributed by atoms with Gasteiger partial charge in [0.1, 0.15) is 10.1 Å². The minimum atomic E-state index is -3.80. The van der Waals surface area contributed by atoms with Gasteiger partial charge >= 0.3 is 17.9 Å². The van der Waals surface area contributed by atoms with E-state index in [2.05, 4.69) is 10.3 Å². The lowest BCUT2D eigenvalue weighted by atomic mass is 9.96. The van der Waals surface area contributed by atoms with E-state index in [1.165, 1.54) is 24.0 Å². The molecule has 3 heterocycles. The Morgan fingerprint density at radius 3 is 2.10 bits per heavy atom. The number of aromatic nitrogens is 3. The first-order valence-electron chi connectivity index (χ1n) is 8.19. The van der Waals surface area contributed by atoms with Gasteiger partial charge in [-0.05, 0) is 6.92 Å². The van der Waals surface area contributed by atoms with Crippen LogP contribution in [0, 0.1) is 0 Å². The van der Waals surface area contributed by atoms with Gasteiger partial charge in [0.15, 0.2) is 28.1 Å². The number of carboxylic acid groups (broad SMARTS) is 3. The first-order chi connectivity index (χ1) is 13.8. The second kappa shape index (κ2) is 7.96. The van der Waals surface area contributed by atoms with Crippen LogP contribution in [0.15, 0.2) is 12.4 Å². The smallest absolute Gasteiger partial charge is 0.335 e. The topological polar surface area (TPSA) is 238 Å². The minimum absolute atomic E-state index is 0.154. The summed E-state index contributed by atoms with van der Waals surface area (Å²) in [6.45, 7) is 1.18. The van der Waals surface area contributed by atoms with Gasteiger partial charge in [-0.2, -0.15) is 0 Å². The van der Waals surface area contributed by atoms with Crippen molar-refractivity contribution in [1.82, 2.24) is 19.9 Å². The molecule has 0 aliphatic carbocycles. The molecule has 2 aliphatic heterocycles. The number of sulfone groups is 1. The van der Waals surface area contributed by atoms with Gasteiger partial charge in [0.25, 0.3) is 0 Å². The second-order valence-electron chi connectivity index (χ2n) is 6.73. The molecule has 1 aromatic heterocycles. The lowest BCUT2D eigenvalue weighted by Gasteiger charge is -2.35. The lowest BCUT2D eigenvalue weighted by molar-refractivity contribution is -0.165. The maximum Gasteiger partial charge on any atom is 0.335 e. The fourth-order valence-electron chi connectivity index (χ4n) is 3.20. The van der Waals surface area contributed by atoms with Crippen molar-refractivity contribution in [2.45, 2.75) is 48.3 Å². The predicted molar refractivity (Wildman–Crippen MR) is 91.3 cm³/mol. The summed E-state index contributed by atoms with van der Waals surface area (Å²) in [4.78, 5) is 43.5. The molecule has 0 saturated carbocycles. The molecule has 16 heteroatoms. The van der Waals surface area contributed by atoms with Crippen LogP contribution in [-0.4, -0.2) is 106 Å². The molecule has 30 heavy (non-hydrogen) atoms. The summed E-state index contributed by atoms with van der Waals surface area (Å²) in [5.74, 6) is -5.31. The zero-order valence-electron chi connectivity index (χ0n) is 15.3. The van der Waals surface area contributed by atoms with Crippen LogP contribution in [0.4, 0.5) is 0 Å². The van der Waals surface area contributed by atoms with Gasteiger partial charge in [-0.1, -0.05) is 5.21 Å². The average Bonchev–Trinajstić information content (AvgIpc) is 3.18. The van der Waals surface area contributed by atoms with Crippen molar-refractivity contribution < 1.29 is 53.1 Å². The number of hydrogen-bond donors (Lipinski definition) is 5. The number of hydrogen-bond acceptors (Lipinski definition) is 10. The Kier molecular flexibility index (Phi) is 6.15. The molecule has 5 atom stereocenters. The van der Waals surface area contributed by atoms with E-state index in [1.54, 1.807) is 0 Å². The number of carbonyl (C=O) groups excluding carboxylic acids is 1. The van der Waals surface area contributed by atoms with Crippen molar-refractivity contribution in [3.63, 3.8) is 0 Å². The molecule has 0 bridgehead atoms. The highest BCUT2D eigenvalue weighted by Crippen LogP contribution is 2.46. The van der Waals surface area contributed by atoms with Gasteiger partial charge in [-0.25, -0.2) is 22.8 Å². The highest BCUT2D eigenvalue weighted by Gasteiger charge is 2.70. The SMILES string of the molecule is C[C@]1(Cn2ccnn2)[C@H](C(=O)O)N2C(=O)C[C@H]2S1(=O)=O.O=C(O)C(O)C(O)C(=O)O. The van der Waals surface area contributed by atoms with Crippen molar-refractivity contribution >= 4 is 33.7 Å². The maximum absolute atomic E-state index is 12.5. The molecule has 2 aliphatic rings. The summed E-state index contributed by atoms with van der Waals surface area (Å²) in [7, 11) is -3.80. The summed E-state index contributed by atoms with van der Waals surface area (Å²) in [6.07, 6.45) is -1.85. The van der Waals surface area contributed by atoms with E-state index in [1.807, 2.05) is 0 Å². The third kappa shape index (κ3) is 3.71. The molecule has 1 aromatic rings. The van der Waals surface area contributed by atoms with Gasteiger partial charge in [0.2, 0.25) is 5.91 Å². The van der Waals surface area contributed by atoms with Crippen molar-refractivity contribution in [1.29, 1.82) is 0 Å². The van der Waals surface area contributed by atoms with Crippen molar-refractivity contribution in [3.8, 4) is 0 Å². The Labute approximate surface area is 168 Å². The second-order valence-corrected chi connectivity index (χ2v) is 9.29. The van der Waals surface area contributed by atoms with Crippen LogP contribution in [0.5, 0.6) is 0 Å². The molecule has 3 rings (SSSR count). The van der Waals surface area contributed by atoms with Crippen LogP contribution < -0.4 is 0 Å². The molecule has 15 nitrogen and oxygen atoms in total. The van der Waals surface area contributed by atoms with E-state index in [4.69, 9.17) is 20.4 Å². The van der Waals surface area contributed by atoms with Crippen LogP contribution in [0.1, 0.15) is 13.3 Å². The van der Waals surface area contributed by atoms with Crippen LogP contribution in [0.2, 0.25) is 0 Å². The number of carboxylic acids is 3. The molecule has 2 saturated heterocycles. The zero-order valence-corrected chi connectivity index (χ0v) is 16.1. The van der Waals surface area contributed by atoms with Crippen LogP contribution >= 0.6 is 0 Å². The van der Waals surface area contributed by atoms with Crippen LogP contribution in [-0.2, 0) is 35.6 Å². The monoisotopic (exact) mass is 450 g/mol. The molecule has 1 amide bonds. The van der Waals surface area contributed by atoms with E-state index in [9.17, 15) is 32.7 Å². The van der Waals surface area contributed by atoms with E-state index < -0.39 is 62.0 Å². The van der Waals surface area contributed by atoms with Gasteiger partial charge in [0.05, 0.1) is 19.2 Å². The molecular weight excluding hydrogens is 432 g/mol. The highest BCUT2D eigenvalue weighted by atomic mass is 32.2. The molecule has 0 radical (unpaired) electrons. The van der Waals surface area contributed by atoms with Gasteiger partial charge in [0, 0.05) is 6.20 Å². The summed E-state index contributed by atoms with van der Waals surface area (Å²) < 4.78 is 24.7. The van der Waals surface area contributed by atoms with Crippen LogP contribution in [0.3, 0.4) is 0 Å². The standard InChI is InChI=1S/C10H12N4O5S.C4H6O6/c1-10(5-13-3-2-11-12-13)8(9(16)17)14-6(15)4-7(14)20(10,18)19;5-1(3(7)8)2(6)4(9)10/h2-3,7-8H,4-5H2,1H3,(H,16,17);1-2,5-6H,(H,7,8)(H,9,10)/t7-,8+,10+;/m1./s1. The number of aliphatic carboxylic acids is 3. The number of aliphatic hydroxyl groups excluding tert-OH is 2. The van der Waals surface area contributed by atoms with E-state index in [-0.39, 0.29) is 13.0 Å². The number of amides is 1. The van der Waals surface area contributed by atoms with E-state index in [0.29, 0.717) is 0 Å². The molecule has 2 fully saturated rings. The van der Waals surface area contributed by atoms with Gasteiger partial charge in [-0.3, -0.25) is 9.48 Å². The Morgan fingerprint density at radius 2 is 1.73 bits per heavy atom. The normalized spacial score (nSPS) is 28.4. The van der Waals surface area contributed by atoms with Gasteiger partial charge < -0.3 is 30.4 Å². The Morgan fingerprint density at radius 1 is 1.20 bits per heavy atom. The van der Waals surface area contributed by atoms with Gasteiger partial charge in [-0.15, -0.1) is 5.10 Å². The molecule has 0 aromatic carbocycles. The maximum atomic E-state index is 12.5. The number of β-lactam (4-membered cyclic amide) rings is 1. The fourth-order valence-corrected chi connectivity index (χ4v) is 5.56. The summed E-state index contributed by atoms with van der Waals surface area (Å²) >= 11 is 0. The first kappa shape index (κ1) is 23.2. The minimum Gasteiger partial charge on any atom is -0.480 e. The van der Waals surface area contributed by atoms with Crippen molar-refractivity contribution in [2.24, 2.45) is 0 Å². The summed E-state index contributed by atoms with van der Waals surface area (Å²) in [6, 6.07) is -1.40. The molecule has 5 N–H and O–H groups in total. The summed E-state index contributed by atoms with van der Waals surface area (Å²) in [5.41, 5.74) is 0. The Bertz CT molecular complexity index is 945. The largest absolute Gasteiger partial charge is 0.480 e. The molecule has 2 unspecified atom stereocenters. The predicted octanol–water partition coefficient (Wildman–Crippen LogP) is -3.65. The molecule has 166 valence electrons. The third-order valence-corrected chi connectivity index (χ3v) is 7.56. The average molecular weight is 450 g/mol. The number of aliphatic hydroxyl groups is 2. The van der Waals surface area contributed by atoms with Crippen molar-refractivity contribution in [2.75, 3.05) is 0 Å². The number of rotatable bonds is 6. The summed E-state index contributed by atoms with van der Waals surface area (Å²) in [5, 5.41) is 48.1. The van der Waals surface area contributed by atoms with E-state index >= 15 is 0 Å². The quantitative estimate of drug-likeness (QED) is 0.263. The molecule has 0 spiro atoms. The Balaban J connectivity index is 0.000000274. The lowest BCUT2D eigenvalue weighted by Crippen LogP contribution is -2.58. The third-order valence-electron chi connectivity index (χ3n) is 4.80. The van der Waals surface area contributed by atoms with Crippen LogP contribution in [0.25, 0.3) is 0 Å². The zero-order chi connectivity index (χ0) is 23.0. The van der Waals surface area contributed by atoms with E-state index in [0.717, 1.165) is 4.90 Å². The Hall–Kier alpha value is -3.11. The number of carbonyl (C=O) groups is 4. The number of fused-ring (bicyclic) bond motifs is 1. The number of nitrogens with zero attached hydrogens (tertiary/aromatic N) is 4. The first-order valence-corrected chi connectivity index (χ1v) is 9.73. The van der Waals surface area contributed by atoms with Crippen molar-refractivity contribution in [3.05, 3.63) is 12.4 Å². The molecular formula is C14H18N4O11S. The fraction of sp³-hybridized carbons (Fsp3) is 0.571.